The Morgan fingerprint density at radius 2 is 2.05 bits per heavy atom. The lowest BCUT2D eigenvalue weighted by molar-refractivity contribution is -0.137. The molecule has 1 saturated carbocycles. The summed E-state index contributed by atoms with van der Waals surface area (Å²) in [6.07, 6.45) is -1.61. The van der Waals surface area contributed by atoms with Crippen LogP contribution < -0.4 is 5.32 Å². The Bertz CT molecular complexity index is 508. The Morgan fingerprint density at radius 1 is 1.40 bits per heavy atom. The van der Waals surface area contributed by atoms with E-state index in [2.05, 4.69) is 5.32 Å². The molecule has 110 valence electrons. The van der Waals surface area contributed by atoms with Crippen molar-refractivity contribution in [2.24, 2.45) is 5.92 Å². The molecule has 0 aliphatic heterocycles. The van der Waals surface area contributed by atoms with Crippen molar-refractivity contribution >= 4 is 5.91 Å². The molecular formula is C14H15F4NO. The van der Waals surface area contributed by atoms with Crippen LogP contribution in [0.5, 0.6) is 0 Å². The van der Waals surface area contributed by atoms with Gasteiger partial charge in [0.1, 0.15) is 5.82 Å². The summed E-state index contributed by atoms with van der Waals surface area (Å²) in [5, 5.41) is 2.54. The molecule has 2 rings (SSSR count). The average molecular weight is 289 g/mol. The number of nitrogens with one attached hydrogen (secondary N) is 1. The Labute approximate surface area is 114 Å². The van der Waals surface area contributed by atoms with Crippen LogP contribution in [0, 0.1) is 11.7 Å². The molecule has 1 aromatic carbocycles. The van der Waals surface area contributed by atoms with E-state index in [0.717, 1.165) is 19.3 Å². The number of rotatable bonds is 4. The summed E-state index contributed by atoms with van der Waals surface area (Å²) in [6.45, 7) is 1.77. The number of alkyl halides is 3. The van der Waals surface area contributed by atoms with Crippen molar-refractivity contribution in [1.29, 1.82) is 0 Å². The number of hydrogen-bond acceptors (Lipinski definition) is 1. The van der Waals surface area contributed by atoms with Crippen LogP contribution in [0.4, 0.5) is 17.6 Å². The number of hydrogen-bond donors (Lipinski definition) is 1. The molecule has 6 heteroatoms. The van der Waals surface area contributed by atoms with Gasteiger partial charge >= 0.3 is 6.18 Å². The van der Waals surface area contributed by atoms with Crippen molar-refractivity contribution < 1.29 is 22.4 Å². The summed E-state index contributed by atoms with van der Waals surface area (Å²) in [5.41, 5.74) is -1.60. The maximum Gasteiger partial charge on any atom is 0.416 e. The first-order valence-corrected chi connectivity index (χ1v) is 6.45. The van der Waals surface area contributed by atoms with Gasteiger partial charge in [-0.1, -0.05) is 12.8 Å². The standard InChI is InChI=1S/C14H15F4NO/c1-8(6-9-2-3-9)19-13(20)11-7-10(14(16,17)18)4-5-12(11)15/h4-5,7-9H,2-3,6H2,1H3,(H,19,20). The maximum absolute atomic E-state index is 13.5. The largest absolute Gasteiger partial charge is 0.416 e. The fourth-order valence-corrected chi connectivity index (χ4v) is 2.09. The van der Waals surface area contributed by atoms with Crippen molar-refractivity contribution in [3.8, 4) is 0 Å². The van der Waals surface area contributed by atoms with Crippen LogP contribution in [0.25, 0.3) is 0 Å². The van der Waals surface area contributed by atoms with Gasteiger partial charge in [-0.3, -0.25) is 4.79 Å². The van der Waals surface area contributed by atoms with Gasteiger partial charge in [0.25, 0.3) is 5.91 Å². The van der Waals surface area contributed by atoms with Gasteiger partial charge in [0.15, 0.2) is 0 Å². The van der Waals surface area contributed by atoms with Gasteiger partial charge in [0, 0.05) is 6.04 Å². The lowest BCUT2D eigenvalue weighted by atomic mass is 10.1. The third-order valence-corrected chi connectivity index (χ3v) is 3.30. The zero-order valence-corrected chi connectivity index (χ0v) is 10.9. The summed E-state index contributed by atoms with van der Waals surface area (Å²) < 4.78 is 51.2. The highest BCUT2D eigenvalue weighted by atomic mass is 19.4. The first-order chi connectivity index (χ1) is 9.27. The number of halogens is 4. The minimum Gasteiger partial charge on any atom is -0.349 e. The van der Waals surface area contributed by atoms with E-state index >= 15 is 0 Å². The first-order valence-electron chi connectivity index (χ1n) is 6.45. The highest BCUT2D eigenvalue weighted by Crippen LogP contribution is 2.33. The van der Waals surface area contributed by atoms with Crippen molar-refractivity contribution in [1.82, 2.24) is 5.32 Å². The summed E-state index contributed by atoms with van der Waals surface area (Å²) in [5.74, 6) is -1.19. The van der Waals surface area contributed by atoms with Crippen LogP contribution in [0.1, 0.15) is 42.1 Å². The zero-order chi connectivity index (χ0) is 14.9. The third kappa shape index (κ3) is 3.71. The van der Waals surface area contributed by atoms with E-state index in [0.29, 0.717) is 24.1 Å². The second-order valence-corrected chi connectivity index (χ2v) is 5.25. The Balaban J connectivity index is 2.11. The molecule has 2 nitrogen and oxygen atoms in total. The fourth-order valence-electron chi connectivity index (χ4n) is 2.09. The van der Waals surface area contributed by atoms with Crippen LogP contribution in [0.15, 0.2) is 18.2 Å². The lowest BCUT2D eigenvalue weighted by Crippen LogP contribution is -2.33. The van der Waals surface area contributed by atoms with E-state index in [4.69, 9.17) is 0 Å². The Kier molecular flexibility index (Phi) is 4.01. The van der Waals surface area contributed by atoms with Gasteiger partial charge in [0.05, 0.1) is 11.1 Å². The topological polar surface area (TPSA) is 29.1 Å². The molecule has 1 fully saturated rings. The van der Waals surface area contributed by atoms with Crippen molar-refractivity contribution in [3.05, 3.63) is 35.1 Å². The normalized spacial score (nSPS) is 16.9. The van der Waals surface area contributed by atoms with Crippen LogP contribution >= 0.6 is 0 Å². The van der Waals surface area contributed by atoms with Crippen LogP contribution in [-0.2, 0) is 6.18 Å². The van der Waals surface area contributed by atoms with Crippen LogP contribution in [0.3, 0.4) is 0 Å². The molecule has 1 amide bonds. The SMILES string of the molecule is CC(CC1CC1)NC(=O)c1cc(C(F)(F)F)ccc1F. The van der Waals surface area contributed by atoms with E-state index < -0.39 is 29.0 Å². The molecule has 0 spiro atoms. The summed E-state index contributed by atoms with van der Waals surface area (Å²) in [6, 6.07) is 1.67. The number of carbonyl (C=O) groups excluding carboxylic acids is 1. The summed E-state index contributed by atoms with van der Waals surface area (Å²) in [7, 11) is 0. The molecule has 1 aromatic rings. The van der Waals surface area contributed by atoms with E-state index in [-0.39, 0.29) is 6.04 Å². The molecule has 20 heavy (non-hydrogen) atoms. The number of benzene rings is 1. The van der Waals surface area contributed by atoms with Gasteiger partial charge in [-0.05, 0) is 37.5 Å². The molecule has 1 N–H and O–H groups in total. The van der Waals surface area contributed by atoms with Gasteiger partial charge in [-0.15, -0.1) is 0 Å². The smallest absolute Gasteiger partial charge is 0.349 e. The second kappa shape index (κ2) is 5.42. The highest BCUT2D eigenvalue weighted by molar-refractivity contribution is 5.94. The van der Waals surface area contributed by atoms with Crippen molar-refractivity contribution in [3.63, 3.8) is 0 Å². The number of amides is 1. The number of carbonyl (C=O) groups is 1. The van der Waals surface area contributed by atoms with E-state index in [9.17, 15) is 22.4 Å². The zero-order valence-electron chi connectivity index (χ0n) is 10.9. The molecular weight excluding hydrogens is 274 g/mol. The average Bonchev–Trinajstić information content (AvgIpc) is 3.11. The van der Waals surface area contributed by atoms with Gasteiger partial charge in [-0.25, -0.2) is 4.39 Å². The van der Waals surface area contributed by atoms with Gasteiger partial charge in [0.2, 0.25) is 0 Å². The van der Waals surface area contributed by atoms with Gasteiger partial charge in [-0.2, -0.15) is 13.2 Å². The molecule has 0 saturated heterocycles. The predicted octanol–water partition coefficient (Wildman–Crippen LogP) is 3.76. The quantitative estimate of drug-likeness (QED) is 0.840. The molecule has 1 atom stereocenters. The monoisotopic (exact) mass is 289 g/mol. The summed E-state index contributed by atoms with van der Waals surface area (Å²) >= 11 is 0. The molecule has 1 aliphatic carbocycles. The fraction of sp³-hybridized carbons (Fsp3) is 0.500. The maximum atomic E-state index is 13.5. The molecule has 1 unspecified atom stereocenters. The summed E-state index contributed by atoms with van der Waals surface area (Å²) in [4.78, 5) is 11.8. The third-order valence-electron chi connectivity index (χ3n) is 3.30. The molecule has 0 bridgehead atoms. The van der Waals surface area contributed by atoms with Gasteiger partial charge < -0.3 is 5.32 Å². The van der Waals surface area contributed by atoms with E-state index in [1.807, 2.05) is 0 Å². The van der Waals surface area contributed by atoms with Crippen LogP contribution in [0.2, 0.25) is 0 Å². The van der Waals surface area contributed by atoms with Crippen LogP contribution in [-0.4, -0.2) is 11.9 Å². The molecule has 0 aromatic heterocycles. The predicted molar refractivity (Wildman–Crippen MR) is 65.7 cm³/mol. The van der Waals surface area contributed by atoms with Crippen molar-refractivity contribution in [2.75, 3.05) is 0 Å². The van der Waals surface area contributed by atoms with E-state index in [1.54, 1.807) is 6.92 Å². The minimum absolute atomic E-state index is 0.177. The molecule has 0 radical (unpaired) electrons. The highest BCUT2D eigenvalue weighted by Gasteiger charge is 2.32. The molecule has 0 heterocycles. The lowest BCUT2D eigenvalue weighted by Gasteiger charge is -2.15. The molecule has 1 aliphatic rings. The second-order valence-electron chi connectivity index (χ2n) is 5.25. The minimum atomic E-state index is -4.59. The Morgan fingerprint density at radius 3 is 2.60 bits per heavy atom. The Hall–Kier alpha value is -1.59. The van der Waals surface area contributed by atoms with E-state index in [1.165, 1.54) is 0 Å². The first kappa shape index (κ1) is 14.8. The van der Waals surface area contributed by atoms with Crippen molar-refractivity contribution in [2.45, 2.75) is 38.4 Å².